The van der Waals surface area contributed by atoms with Crippen LogP contribution in [0.4, 0.5) is 5.69 Å². The first kappa shape index (κ1) is 19.7. The molecule has 0 aromatic heterocycles. The van der Waals surface area contributed by atoms with E-state index in [0.29, 0.717) is 27.0 Å². The van der Waals surface area contributed by atoms with Gasteiger partial charge in [-0.1, -0.05) is 51.3 Å². The number of carbonyl (C=O) groups excluding carboxylic acids is 2. The third-order valence-corrected chi connectivity index (χ3v) is 5.30. The Bertz CT molecular complexity index is 994. The summed E-state index contributed by atoms with van der Waals surface area (Å²) < 4.78 is 5.71. The first-order chi connectivity index (χ1) is 12.8. The third-order valence-electron chi connectivity index (χ3n) is 4.14. The number of ether oxygens (including phenoxy) is 1. The number of halogens is 3. The Morgan fingerprint density at radius 3 is 2.37 bits per heavy atom. The van der Waals surface area contributed by atoms with Gasteiger partial charge in [-0.25, -0.2) is 4.79 Å². The van der Waals surface area contributed by atoms with Crippen LogP contribution in [0.3, 0.4) is 0 Å². The number of carbonyl (C=O) groups is 2. The van der Waals surface area contributed by atoms with Gasteiger partial charge in [0.2, 0.25) is 0 Å². The highest BCUT2D eigenvalue weighted by Crippen LogP contribution is 2.37. The lowest BCUT2D eigenvalue weighted by atomic mass is 10.0. The summed E-state index contributed by atoms with van der Waals surface area (Å²) in [4.78, 5) is 27.1. The van der Waals surface area contributed by atoms with Crippen LogP contribution in [0.15, 0.2) is 63.8 Å². The van der Waals surface area contributed by atoms with Crippen LogP contribution in [0.1, 0.15) is 12.5 Å². The fourth-order valence-corrected chi connectivity index (χ4v) is 3.79. The highest BCUT2D eigenvalue weighted by molar-refractivity contribution is 9.10. The molecule has 0 bridgehead atoms. The molecule has 4 nitrogen and oxygen atoms in total. The zero-order valence-electron chi connectivity index (χ0n) is 14.4. The standard InChI is InChI=1S/C20H14BrCl2NO3/c1-11-18(20(26)27-2)15(10-14-16(22)7-4-8-17(14)23)19(25)24(11)13-6-3-5-12(21)9-13/h3-10H,1-2H3/b15-10-. The topological polar surface area (TPSA) is 46.6 Å². The van der Waals surface area contributed by atoms with E-state index in [1.54, 1.807) is 37.3 Å². The lowest BCUT2D eigenvalue weighted by molar-refractivity contribution is -0.136. The minimum atomic E-state index is -0.604. The maximum atomic E-state index is 13.2. The first-order valence-electron chi connectivity index (χ1n) is 7.90. The van der Waals surface area contributed by atoms with Gasteiger partial charge < -0.3 is 4.74 Å². The Kier molecular flexibility index (Phi) is 5.75. The van der Waals surface area contributed by atoms with Gasteiger partial charge >= 0.3 is 5.97 Å². The summed E-state index contributed by atoms with van der Waals surface area (Å²) in [5, 5.41) is 0.760. The number of nitrogens with zero attached hydrogens (tertiary/aromatic N) is 1. The number of anilines is 1. The second kappa shape index (κ2) is 7.89. The Morgan fingerprint density at radius 2 is 1.78 bits per heavy atom. The van der Waals surface area contributed by atoms with Crippen LogP contribution in [0.2, 0.25) is 10.0 Å². The van der Waals surface area contributed by atoms with Crippen LogP contribution in [0.25, 0.3) is 6.08 Å². The number of allylic oxidation sites excluding steroid dienone is 1. The maximum absolute atomic E-state index is 13.2. The van der Waals surface area contributed by atoms with Crippen LogP contribution in [0.5, 0.6) is 0 Å². The summed E-state index contributed by atoms with van der Waals surface area (Å²) in [6, 6.07) is 12.3. The molecule has 0 unspecified atom stereocenters. The number of hydrogen-bond donors (Lipinski definition) is 0. The van der Waals surface area contributed by atoms with E-state index in [2.05, 4.69) is 15.9 Å². The number of benzene rings is 2. The lowest BCUT2D eigenvalue weighted by Crippen LogP contribution is -2.24. The molecule has 27 heavy (non-hydrogen) atoms. The minimum absolute atomic E-state index is 0.175. The van der Waals surface area contributed by atoms with Gasteiger partial charge in [0, 0.05) is 25.8 Å². The van der Waals surface area contributed by atoms with Gasteiger partial charge in [-0.3, -0.25) is 9.69 Å². The minimum Gasteiger partial charge on any atom is -0.465 e. The predicted molar refractivity (Wildman–Crippen MR) is 111 cm³/mol. The van der Waals surface area contributed by atoms with Crippen molar-refractivity contribution >= 4 is 62.8 Å². The number of hydrogen-bond acceptors (Lipinski definition) is 3. The fourth-order valence-electron chi connectivity index (χ4n) is 2.90. The molecule has 0 aliphatic carbocycles. The molecule has 138 valence electrons. The molecule has 0 spiro atoms. The van der Waals surface area contributed by atoms with E-state index in [1.807, 2.05) is 12.1 Å². The summed E-state index contributed by atoms with van der Waals surface area (Å²) in [6.45, 7) is 1.69. The monoisotopic (exact) mass is 465 g/mol. The Morgan fingerprint density at radius 1 is 1.15 bits per heavy atom. The number of methoxy groups -OCH3 is 1. The van der Waals surface area contributed by atoms with Gasteiger partial charge in [-0.15, -0.1) is 0 Å². The molecule has 1 heterocycles. The molecule has 1 amide bonds. The van der Waals surface area contributed by atoms with Crippen molar-refractivity contribution in [2.24, 2.45) is 0 Å². The van der Waals surface area contributed by atoms with E-state index in [0.717, 1.165) is 4.47 Å². The van der Waals surface area contributed by atoms with E-state index in [-0.39, 0.29) is 17.1 Å². The van der Waals surface area contributed by atoms with Crippen molar-refractivity contribution in [3.63, 3.8) is 0 Å². The molecule has 2 aromatic carbocycles. The highest BCUT2D eigenvalue weighted by Gasteiger charge is 2.38. The molecule has 0 saturated heterocycles. The Balaban J connectivity index is 2.21. The molecule has 1 aliphatic heterocycles. The maximum Gasteiger partial charge on any atom is 0.340 e. The largest absolute Gasteiger partial charge is 0.465 e. The SMILES string of the molecule is COC(=O)C1=C(C)N(c2cccc(Br)c2)C(=O)/C1=C\c1c(Cl)cccc1Cl. The summed E-state index contributed by atoms with van der Waals surface area (Å²) in [5.41, 5.74) is 1.92. The van der Waals surface area contributed by atoms with Gasteiger partial charge in [0.1, 0.15) is 0 Å². The highest BCUT2D eigenvalue weighted by atomic mass is 79.9. The third kappa shape index (κ3) is 3.68. The average Bonchev–Trinajstić information content (AvgIpc) is 2.87. The van der Waals surface area contributed by atoms with Crippen LogP contribution < -0.4 is 4.90 Å². The molecule has 1 aliphatic rings. The van der Waals surface area contributed by atoms with Crippen molar-refractivity contribution in [1.29, 1.82) is 0 Å². The molecular weight excluding hydrogens is 453 g/mol. The molecule has 7 heteroatoms. The molecule has 3 rings (SSSR count). The number of amides is 1. The fraction of sp³-hybridized carbons (Fsp3) is 0.100. The van der Waals surface area contributed by atoms with Gasteiger partial charge in [0.25, 0.3) is 5.91 Å². The second-order valence-electron chi connectivity index (χ2n) is 5.77. The van der Waals surface area contributed by atoms with E-state index in [1.165, 1.54) is 18.1 Å². The van der Waals surface area contributed by atoms with Crippen molar-refractivity contribution < 1.29 is 14.3 Å². The van der Waals surface area contributed by atoms with Crippen molar-refractivity contribution in [2.75, 3.05) is 12.0 Å². The van der Waals surface area contributed by atoms with E-state index in [4.69, 9.17) is 27.9 Å². The smallest absolute Gasteiger partial charge is 0.340 e. The lowest BCUT2D eigenvalue weighted by Gasteiger charge is -2.18. The molecule has 2 aromatic rings. The van der Waals surface area contributed by atoms with Gasteiger partial charge in [0.15, 0.2) is 0 Å². The van der Waals surface area contributed by atoms with Gasteiger partial charge in [0.05, 0.1) is 23.9 Å². The summed E-state index contributed by atoms with van der Waals surface area (Å²) in [7, 11) is 1.27. The van der Waals surface area contributed by atoms with Crippen LogP contribution >= 0.6 is 39.1 Å². The van der Waals surface area contributed by atoms with Gasteiger partial charge in [-0.2, -0.15) is 0 Å². The van der Waals surface area contributed by atoms with Crippen molar-refractivity contribution in [1.82, 2.24) is 0 Å². The molecule has 0 saturated carbocycles. The van der Waals surface area contributed by atoms with Crippen LogP contribution in [-0.2, 0) is 14.3 Å². The molecular formula is C20H14BrCl2NO3. The molecule has 0 radical (unpaired) electrons. The second-order valence-corrected chi connectivity index (χ2v) is 7.50. The average molecular weight is 467 g/mol. The van der Waals surface area contributed by atoms with Crippen molar-refractivity contribution in [2.45, 2.75) is 6.92 Å². The summed E-state index contributed by atoms with van der Waals surface area (Å²) in [5.74, 6) is -0.963. The van der Waals surface area contributed by atoms with E-state index >= 15 is 0 Å². The van der Waals surface area contributed by atoms with Gasteiger partial charge in [-0.05, 0) is 43.3 Å². The van der Waals surface area contributed by atoms with Crippen LogP contribution in [0, 0.1) is 0 Å². The predicted octanol–water partition coefficient (Wildman–Crippen LogP) is 5.63. The Hall–Kier alpha value is -2.08. The zero-order chi connectivity index (χ0) is 19.7. The first-order valence-corrected chi connectivity index (χ1v) is 9.45. The summed E-state index contributed by atoms with van der Waals surface area (Å²) >= 11 is 15.9. The van der Waals surface area contributed by atoms with Crippen LogP contribution in [-0.4, -0.2) is 19.0 Å². The van der Waals surface area contributed by atoms with E-state index in [9.17, 15) is 9.59 Å². The van der Waals surface area contributed by atoms with Crippen molar-refractivity contribution in [3.8, 4) is 0 Å². The molecule has 0 fully saturated rings. The van der Waals surface area contributed by atoms with Crippen molar-refractivity contribution in [3.05, 3.63) is 79.4 Å². The normalized spacial score (nSPS) is 15.7. The summed E-state index contributed by atoms with van der Waals surface area (Å²) in [6.07, 6.45) is 1.53. The molecule has 0 N–H and O–H groups in total. The zero-order valence-corrected chi connectivity index (χ0v) is 17.5. The number of rotatable bonds is 3. The van der Waals surface area contributed by atoms with E-state index < -0.39 is 5.97 Å². The Labute approximate surface area is 175 Å². The number of esters is 1. The molecule has 0 atom stereocenters. The quantitative estimate of drug-likeness (QED) is 0.434.